The molecule has 2 atom stereocenters. The summed E-state index contributed by atoms with van der Waals surface area (Å²) in [6.07, 6.45) is 3.14. The summed E-state index contributed by atoms with van der Waals surface area (Å²) in [5.41, 5.74) is 5.70. The number of carbonyl (C=O) groups is 3. The minimum absolute atomic E-state index is 0.0613. The third-order valence-electron chi connectivity index (χ3n) is 6.18. The second-order valence-corrected chi connectivity index (χ2v) is 12.0. The van der Waals surface area contributed by atoms with E-state index in [4.69, 9.17) is 10.6 Å². The van der Waals surface area contributed by atoms with Gasteiger partial charge in [-0.2, -0.15) is 8.42 Å². The minimum atomic E-state index is -4.44. The Labute approximate surface area is 234 Å². The smallest absolute Gasteiger partial charge is 0.295 e. The third kappa shape index (κ3) is 4.99. The number of nitrogens with zero attached hydrogens (tertiary/aromatic N) is 4. The molecule has 3 aromatic rings. The SMILES string of the molecule is CO/N=C(\C(=O)NC1C(=O)N2C(C(=O)[O-])=C(C[n+]3ccc4c(S(=O)(=O)O)cccc4c3)CS[C@H]12)c1csc(N)n1. The molecule has 1 fully saturated rings. The van der Waals surface area contributed by atoms with Gasteiger partial charge in [-0.05, 0) is 12.1 Å². The van der Waals surface area contributed by atoms with Gasteiger partial charge in [-0.25, -0.2) is 9.55 Å². The van der Waals surface area contributed by atoms with Crippen LogP contribution in [0.1, 0.15) is 5.69 Å². The normalized spacial score (nSPS) is 19.3. The summed E-state index contributed by atoms with van der Waals surface area (Å²) in [5.74, 6) is -2.72. The maximum atomic E-state index is 13.1. The van der Waals surface area contributed by atoms with Crippen LogP contribution in [0.3, 0.4) is 0 Å². The van der Waals surface area contributed by atoms with Gasteiger partial charge in [0.15, 0.2) is 29.8 Å². The number of carbonyl (C=O) groups excluding carboxylic acids is 3. The van der Waals surface area contributed by atoms with E-state index in [0.29, 0.717) is 16.3 Å². The molecule has 1 saturated heterocycles. The molecule has 5 rings (SSSR count). The van der Waals surface area contributed by atoms with Crippen molar-refractivity contribution >= 4 is 72.6 Å². The number of amides is 2. The van der Waals surface area contributed by atoms with Crippen LogP contribution in [0.4, 0.5) is 5.13 Å². The van der Waals surface area contributed by atoms with E-state index in [1.54, 1.807) is 16.8 Å². The quantitative estimate of drug-likeness (QED) is 0.0921. The van der Waals surface area contributed by atoms with Gasteiger partial charge in [-0.1, -0.05) is 11.2 Å². The molecule has 4 heterocycles. The second kappa shape index (κ2) is 10.5. The van der Waals surface area contributed by atoms with E-state index in [-0.39, 0.29) is 39.4 Å². The summed E-state index contributed by atoms with van der Waals surface area (Å²) in [6, 6.07) is 4.86. The van der Waals surface area contributed by atoms with Crippen LogP contribution >= 0.6 is 23.1 Å². The number of anilines is 1. The van der Waals surface area contributed by atoms with Crippen molar-refractivity contribution in [3.05, 3.63) is 59.0 Å². The fraction of sp³-hybridized carbons (Fsp3) is 0.217. The molecule has 0 bridgehead atoms. The lowest BCUT2D eigenvalue weighted by molar-refractivity contribution is -0.687. The lowest BCUT2D eigenvalue weighted by atomic mass is 10.0. The first-order chi connectivity index (χ1) is 19.0. The van der Waals surface area contributed by atoms with Gasteiger partial charge in [0.05, 0.1) is 11.7 Å². The molecular weight excluding hydrogens is 584 g/mol. The Balaban J connectivity index is 1.38. The fourth-order valence-corrected chi connectivity index (χ4v) is 7.08. The first-order valence-electron chi connectivity index (χ1n) is 11.4. The fourth-order valence-electron chi connectivity index (χ4n) is 4.48. The van der Waals surface area contributed by atoms with Crippen LogP contribution in [-0.2, 0) is 35.9 Å². The van der Waals surface area contributed by atoms with E-state index >= 15 is 0 Å². The van der Waals surface area contributed by atoms with Crippen LogP contribution in [0.5, 0.6) is 0 Å². The van der Waals surface area contributed by atoms with E-state index in [0.717, 1.165) is 16.2 Å². The zero-order valence-electron chi connectivity index (χ0n) is 20.5. The monoisotopic (exact) mass is 604 g/mol. The molecule has 2 amide bonds. The molecule has 0 radical (unpaired) electrons. The van der Waals surface area contributed by atoms with Gasteiger partial charge in [0.25, 0.3) is 21.9 Å². The van der Waals surface area contributed by atoms with Gasteiger partial charge in [0.1, 0.15) is 29.1 Å². The highest BCUT2D eigenvalue weighted by Gasteiger charge is 2.53. The summed E-state index contributed by atoms with van der Waals surface area (Å²) in [5, 5.41) is 20.2. The molecule has 2 aromatic heterocycles. The number of nitrogens with two attached hydrogens (primary N) is 1. The van der Waals surface area contributed by atoms with Gasteiger partial charge in [0, 0.05) is 33.5 Å². The number of β-lactam (4-membered cyclic amide) rings is 1. The van der Waals surface area contributed by atoms with Crippen molar-refractivity contribution in [3.63, 3.8) is 0 Å². The molecule has 2 aliphatic rings. The maximum Gasteiger partial charge on any atom is 0.295 e. The van der Waals surface area contributed by atoms with Crippen LogP contribution in [0.25, 0.3) is 10.8 Å². The van der Waals surface area contributed by atoms with E-state index in [1.165, 1.54) is 48.6 Å². The summed E-state index contributed by atoms with van der Waals surface area (Å²) in [4.78, 5) is 47.7. The molecule has 1 unspecified atom stereocenters. The molecule has 14 nitrogen and oxygen atoms in total. The molecule has 1 aromatic carbocycles. The topological polar surface area (TPSA) is 208 Å². The average Bonchev–Trinajstić information content (AvgIpc) is 3.34. The number of oxime groups is 1. The largest absolute Gasteiger partial charge is 0.543 e. The van der Waals surface area contributed by atoms with Gasteiger partial charge in [-0.3, -0.25) is 19.0 Å². The number of nitrogen functional groups attached to an aromatic ring is 1. The second-order valence-electron chi connectivity index (χ2n) is 8.65. The van der Waals surface area contributed by atoms with E-state index in [9.17, 15) is 32.5 Å². The number of hydrogen-bond donors (Lipinski definition) is 3. The molecule has 40 heavy (non-hydrogen) atoms. The Bertz CT molecular complexity index is 1730. The highest BCUT2D eigenvalue weighted by molar-refractivity contribution is 8.00. The first-order valence-corrected chi connectivity index (χ1v) is 14.8. The number of rotatable bonds is 8. The molecule has 4 N–H and O–H groups in total. The number of aliphatic carboxylic acids is 1. The number of benzene rings is 1. The summed E-state index contributed by atoms with van der Waals surface area (Å²) < 4.78 is 34.5. The summed E-state index contributed by atoms with van der Waals surface area (Å²) >= 11 is 2.35. The number of carboxylic acids is 1. The number of fused-ring (bicyclic) bond motifs is 2. The van der Waals surface area contributed by atoms with Crippen molar-refractivity contribution in [2.24, 2.45) is 5.16 Å². The predicted octanol–water partition coefficient (Wildman–Crippen LogP) is -1.13. The van der Waals surface area contributed by atoms with E-state index in [1.807, 2.05) is 0 Å². The minimum Gasteiger partial charge on any atom is -0.543 e. The Kier molecular flexibility index (Phi) is 7.21. The van der Waals surface area contributed by atoms with Crippen LogP contribution in [0, 0.1) is 0 Å². The Morgan fingerprint density at radius 2 is 2.15 bits per heavy atom. The molecule has 208 valence electrons. The average molecular weight is 605 g/mol. The van der Waals surface area contributed by atoms with Gasteiger partial charge >= 0.3 is 0 Å². The Hall–Kier alpha value is -4.06. The van der Waals surface area contributed by atoms with Crippen molar-refractivity contribution in [1.82, 2.24) is 15.2 Å². The number of pyridine rings is 1. The van der Waals surface area contributed by atoms with Crippen molar-refractivity contribution in [2.45, 2.75) is 22.9 Å². The maximum absolute atomic E-state index is 13.1. The number of carboxylic acid groups (broad SMARTS) is 1. The van der Waals surface area contributed by atoms with Crippen molar-refractivity contribution in [2.75, 3.05) is 18.6 Å². The lowest BCUT2D eigenvalue weighted by Crippen LogP contribution is -2.71. The van der Waals surface area contributed by atoms with Crippen molar-refractivity contribution < 1.29 is 41.9 Å². The van der Waals surface area contributed by atoms with Crippen LogP contribution in [-0.4, -0.2) is 70.6 Å². The molecule has 17 heteroatoms. The summed E-state index contributed by atoms with van der Waals surface area (Å²) in [7, 11) is -3.20. The summed E-state index contributed by atoms with van der Waals surface area (Å²) in [6.45, 7) is 0.0613. The van der Waals surface area contributed by atoms with E-state index in [2.05, 4.69) is 15.5 Å². The Morgan fingerprint density at radius 1 is 1.38 bits per heavy atom. The number of thioether (sulfide) groups is 1. The first kappa shape index (κ1) is 27.5. The molecule has 2 aliphatic heterocycles. The standard InChI is InChI=1S/C23H20N6O8S3/c1-37-27-16(14-10-39-23(24)25-14)19(30)26-17-20(31)29-18(22(32)33)12(9-38-21(17)29)8-28-6-5-13-11(7-28)3-2-4-15(13)40(34,35)36/h2-7,10,17,21H,8-9H2,1H3,(H4-,24,25,26,30,32,33,34,35,36)/b27-16-/t17?,21-/m1/s1. The zero-order chi connectivity index (χ0) is 28.8. The number of nitrogens with one attached hydrogen (secondary N) is 1. The van der Waals surface area contributed by atoms with Crippen molar-refractivity contribution in [3.8, 4) is 0 Å². The van der Waals surface area contributed by atoms with Gasteiger partial charge in [-0.15, -0.1) is 23.1 Å². The lowest BCUT2D eigenvalue weighted by Gasteiger charge is -2.50. The number of aromatic nitrogens is 2. The molecule has 0 spiro atoms. The van der Waals surface area contributed by atoms with Crippen LogP contribution in [0.2, 0.25) is 0 Å². The highest BCUT2D eigenvalue weighted by Crippen LogP contribution is 2.40. The van der Waals surface area contributed by atoms with Crippen LogP contribution in [0.15, 0.2) is 63.4 Å². The zero-order valence-corrected chi connectivity index (χ0v) is 23.0. The predicted molar refractivity (Wildman–Crippen MR) is 141 cm³/mol. The third-order valence-corrected chi connectivity index (χ3v) is 9.10. The highest BCUT2D eigenvalue weighted by atomic mass is 32.2. The number of thiazole rings is 1. The van der Waals surface area contributed by atoms with Gasteiger partial charge < -0.3 is 25.8 Å². The molecule has 0 saturated carbocycles. The Morgan fingerprint density at radius 3 is 2.80 bits per heavy atom. The van der Waals surface area contributed by atoms with Crippen LogP contribution < -0.4 is 20.7 Å². The van der Waals surface area contributed by atoms with Gasteiger partial charge in [0.2, 0.25) is 0 Å². The molecular formula is C23H20N6O8S3. The van der Waals surface area contributed by atoms with E-state index < -0.39 is 39.3 Å². The molecule has 0 aliphatic carbocycles. The number of hydrogen-bond acceptors (Lipinski definition) is 12. The van der Waals surface area contributed by atoms with Crippen molar-refractivity contribution in [1.29, 1.82) is 0 Å².